The number of aromatic nitrogens is 1. The number of nitrogens with zero attached hydrogens (tertiary/aromatic N) is 2. The minimum atomic E-state index is 0. The fourth-order valence-corrected chi connectivity index (χ4v) is 2.12. The topological polar surface area (TPSA) is 51.3 Å². The number of aryl methyl sites for hydroxylation is 1. The summed E-state index contributed by atoms with van der Waals surface area (Å²) in [7, 11) is 1.81. The van der Waals surface area contributed by atoms with Crippen molar-refractivity contribution in [2.75, 3.05) is 13.1 Å². The third kappa shape index (κ3) is 2.51. The van der Waals surface area contributed by atoms with Crippen molar-refractivity contribution in [1.82, 2.24) is 9.47 Å². The van der Waals surface area contributed by atoms with Gasteiger partial charge in [-0.3, -0.25) is 4.79 Å². The molecule has 1 fully saturated rings. The van der Waals surface area contributed by atoms with Gasteiger partial charge in [0.1, 0.15) is 5.69 Å². The Kier molecular flexibility index (Phi) is 4.24. The molecule has 1 amide bonds. The van der Waals surface area contributed by atoms with Crippen molar-refractivity contribution < 1.29 is 4.79 Å². The average molecular weight is 264 g/mol. The van der Waals surface area contributed by atoms with E-state index in [1.54, 1.807) is 21.7 Å². The van der Waals surface area contributed by atoms with E-state index in [0.29, 0.717) is 17.3 Å². The molecule has 0 radical (unpaired) electrons. The first-order valence-electron chi connectivity index (χ1n) is 4.94. The number of likely N-dealkylation sites (tertiary alicyclic amines) is 1. The highest BCUT2D eigenvalue weighted by Crippen LogP contribution is 2.17. The lowest BCUT2D eigenvalue weighted by Crippen LogP contribution is -2.32. The molecule has 6 heteroatoms. The van der Waals surface area contributed by atoms with Crippen molar-refractivity contribution in [2.45, 2.75) is 12.5 Å². The second-order valence-corrected chi connectivity index (χ2v) is 4.39. The Bertz CT molecular complexity index is 391. The van der Waals surface area contributed by atoms with Gasteiger partial charge in [0.2, 0.25) is 0 Å². The van der Waals surface area contributed by atoms with Crippen LogP contribution in [0.5, 0.6) is 0 Å². The maximum Gasteiger partial charge on any atom is 0.270 e. The van der Waals surface area contributed by atoms with E-state index in [4.69, 9.17) is 17.3 Å². The summed E-state index contributed by atoms with van der Waals surface area (Å²) in [5, 5.41) is 0.587. The fraction of sp³-hybridized carbons (Fsp3) is 0.500. The number of halogens is 2. The van der Waals surface area contributed by atoms with Crippen LogP contribution in [-0.2, 0) is 7.05 Å². The number of carbonyl (C=O) groups excluding carboxylic acids is 1. The summed E-state index contributed by atoms with van der Waals surface area (Å²) in [6.45, 7) is 1.38. The fourth-order valence-electron chi connectivity index (χ4n) is 1.87. The molecule has 2 N–H and O–H groups in total. The summed E-state index contributed by atoms with van der Waals surface area (Å²) in [6, 6.07) is 1.80. The standard InChI is InChI=1S/C10H14ClN3O.ClH/c1-13-5-7(11)4-9(13)10(15)14-3-2-8(12)6-14;/h4-5,8H,2-3,6,12H2,1H3;1H/t8-;/m1./s1. The molecule has 0 bridgehead atoms. The molecule has 1 aromatic heterocycles. The van der Waals surface area contributed by atoms with E-state index >= 15 is 0 Å². The van der Waals surface area contributed by atoms with Crippen molar-refractivity contribution >= 4 is 29.9 Å². The maximum atomic E-state index is 12.0. The second-order valence-electron chi connectivity index (χ2n) is 3.95. The number of rotatable bonds is 1. The molecule has 4 nitrogen and oxygen atoms in total. The van der Waals surface area contributed by atoms with Gasteiger partial charge in [-0.15, -0.1) is 12.4 Å². The van der Waals surface area contributed by atoms with Crippen LogP contribution in [0.1, 0.15) is 16.9 Å². The summed E-state index contributed by atoms with van der Waals surface area (Å²) in [5.41, 5.74) is 6.38. The Labute approximate surface area is 106 Å². The first-order valence-corrected chi connectivity index (χ1v) is 5.32. The summed E-state index contributed by atoms with van der Waals surface area (Å²) >= 11 is 5.83. The van der Waals surface area contributed by atoms with Gasteiger partial charge < -0.3 is 15.2 Å². The van der Waals surface area contributed by atoms with Gasteiger partial charge in [-0.2, -0.15) is 0 Å². The zero-order chi connectivity index (χ0) is 11.0. The predicted octanol–water partition coefficient (Wildman–Crippen LogP) is 1.27. The van der Waals surface area contributed by atoms with Crippen LogP contribution in [-0.4, -0.2) is 34.5 Å². The first-order chi connectivity index (χ1) is 7.08. The van der Waals surface area contributed by atoms with Gasteiger partial charge in [-0.1, -0.05) is 11.6 Å². The molecule has 2 heterocycles. The van der Waals surface area contributed by atoms with Gasteiger partial charge in [0.05, 0.1) is 5.02 Å². The van der Waals surface area contributed by atoms with E-state index in [-0.39, 0.29) is 24.4 Å². The number of hydrogen-bond acceptors (Lipinski definition) is 2. The number of carbonyl (C=O) groups is 1. The third-order valence-electron chi connectivity index (χ3n) is 2.70. The van der Waals surface area contributed by atoms with Gasteiger partial charge in [-0.25, -0.2) is 0 Å². The Morgan fingerprint density at radius 1 is 1.62 bits per heavy atom. The van der Waals surface area contributed by atoms with Crippen LogP contribution in [0.2, 0.25) is 5.02 Å². The Morgan fingerprint density at radius 2 is 2.31 bits per heavy atom. The van der Waals surface area contributed by atoms with E-state index in [9.17, 15) is 4.79 Å². The molecule has 0 aliphatic carbocycles. The van der Waals surface area contributed by atoms with Crippen LogP contribution in [0.15, 0.2) is 12.3 Å². The lowest BCUT2D eigenvalue weighted by atomic mass is 10.3. The van der Waals surface area contributed by atoms with Crippen molar-refractivity contribution in [1.29, 1.82) is 0 Å². The van der Waals surface area contributed by atoms with Gasteiger partial charge in [-0.05, 0) is 12.5 Å². The molecule has 1 aliphatic rings. The molecule has 0 unspecified atom stereocenters. The SMILES string of the molecule is Cl.Cn1cc(Cl)cc1C(=O)N1CC[C@@H](N)C1. The largest absolute Gasteiger partial charge is 0.345 e. The van der Waals surface area contributed by atoms with Gasteiger partial charge >= 0.3 is 0 Å². The molecule has 16 heavy (non-hydrogen) atoms. The van der Waals surface area contributed by atoms with Crippen LogP contribution < -0.4 is 5.73 Å². The molecule has 1 atom stereocenters. The minimum absolute atomic E-state index is 0. The van der Waals surface area contributed by atoms with Crippen molar-refractivity contribution in [3.63, 3.8) is 0 Å². The normalized spacial score (nSPS) is 19.7. The lowest BCUT2D eigenvalue weighted by molar-refractivity contribution is 0.0781. The monoisotopic (exact) mass is 263 g/mol. The highest BCUT2D eigenvalue weighted by molar-refractivity contribution is 6.31. The quantitative estimate of drug-likeness (QED) is 0.830. The Balaban J connectivity index is 0.00000128. The van der Waals surface area contributed by atoms with Crippen LogP contribution in [0.3, 0.4) is 0 Å². The number of hydrogen-bond donors (Lipinski definition) is 1. The Morgan fingerprint density at radius 3 is 2.75 bits per heavy atom. The van der Waals surface area contributed by atoms with Gasteiger partial charge in [0.25, 0.3) is 5.91 Å². The predicted molar refractivity (Wildman–Crippen MR) is 66.2 cm³/mol. The molecule has 1 saturated heterocycles. The van der Waals surface area contributed by atoms with E-state index in [1.807, 2.05) is 7.05 Å². The molecule has 0 aromatic carbocycles. The van der Waals surface area contributed by atoms with E-state index in [1.165, 1.54) is 0 Å². The van der Waals surface area contributed by atoms with E-state index in [2.05, 4.69) is 0 Å². The summed E-state index contributed by atoms with van der Waals surface area (Å²) < 4.78 is 1.74. The third-order valence-corrected chi connectivity index (χ3v) is 2.91. The highest BCUT2D eigenvalue weighted by Gasteiger charge is 2.26. The minimum Gasteiger partial charge on any atom is -0.345 e. The van der Waals surface area contributed by atoms with Crippen molar-refractivity contribution in [3.05, 3.63) is 23.0 Å². The van der Waals surface area contributed by atoms with Gasteiger partial charge in [0.15, 0.2) is 0 Å². The molecule has 0 spiro atoms. The van der Waals surface area contributed by atoms with Crippen LogP contribution >= 0.6 is 24.0 Å². The average Bonchev–Trinajstić information content (AvgIpc) is 2.71. The summed E-state index contributed by atoms with van der Waals surface area (Å²) in [6.07, 6.45) is 2.61. The number of nitrogens with two attached hydrogens (primary N) is 1. The molecule has 90 valence electrons. The highest BCUT2D eigenvalue weighted by atomic mass is 35.5. The van der Waals surface area contributed by atoms with Crippen molar-refractivity contribution in [3.8, 4) is 0 Å². The molecule has 0 saturated carbocycles. The second kappa shape index (κ2) is 5.08. The molecule has 1 aromatic rings. The Hall–Kier alpha value is -0.710. The molecule has 1 aliphatic heterocycles. The van der Waals surface area contributed by atoms with Crippen LogP contribution in [0.25, 0.3) is 0 Å². The van der Waals surface area contributed by atoms with E-state index in [0.717, 1.165) is 13.0 Å². The smallest absolute Gasteiger partial charge is 0.270 e. The van der Waals surface area contributed by atoms with Crippen LogP contribution in [0.4, 0.5) is 0 Å². The summed E-state index contributed by atoms with van der Waals surface area (Å²) in [4.78, 5) is 13.8. The van der Waals surface area contributed by atoms with E-state index < -0.39 is 0 Å². The lowest BCUT2D eigenvalue weighted by Gasteiger charge is -2.15. The first kappa shape index (κ1) is 13.4. The molecular formula is C10H15Cl2N3O. The number of amides is 1. The molecular weight excluding hydrogens is 249 g/mol. The van der Waals surface area contributed by atoms with Crippen molar-refractivity contribution in [2.24, 2.45) is 12.8 Å². The van der Waals surface area contributed by atoms with Gasteiger partial charge in [0, 0.05) is 32.4 Å². The zero-order valence-electron chi connectivity index (χ0n) is 9.02. The maximum absolute atomic E-state index is 12.0. The zero-order valence-corrected chi connectivity index (χ0v) is 10.6. The molecule has 2 rings (SSSR count). The van der Waals surface area contributed by atoms with Crippen LogP contribution in [0, 0.1) is 0 Å². The summed E-state index contributed by atoms with van der Waals surface area (Å²) in [5.74, 6) is 0.0114.